The maximum Gasteiger partial charge on any atom is 0.224 e. The SMILES string of the molecule is COCCOc1ccc(NC(=O)CCc2c(C)nn(CCC#N)c2C)cc1F. The maximum atomic E-state index is 14.0. The molecule has 1 amide bonds. The number of ether oxygens (including phenoxy) is 2. The molecule has 0 aliphatic carbocycles. The van der Waals surface area contributed by atoms with Crippen molar-refractivity contribution in [3.05, 3.63) is 41.0 Å². The number of methoxy groups -OCH3 is 1. The van der Waals surface area contributed by atoms with Crippen LogP contribution in [0.1, 0.15) is 29.8 Å². The van der Waals surface area contributed by atoms with Gasteiger partial charge >= 0.3 is 0 Å². The van der Waals surface area contributed by atoms with Crippen molar-refractivity contribution in [3.8, 4) is 11.8 Å². The van der Waals surface area contributed by atoms with Crippen LogP contribution in [0.3, 0.4) is 0 Å². The molecule has 1 aromatic carbocycles. The third kappa shape index (κ3) is 5.79. The molecule has 0 fully saturated rings. The zero-order chi connectivity index (χ0) is 20.5. The van der Waals surface area contributed by atoms with Crippen LogP contribution in [-0.2, 0) is 22.5 Å². The van der Waals surface area contributed by atoms with E-state index < -0.39 is 5.82 Å². The highest BCUT2D eigenvalue weighted by atomic mass is 19.1. The van der Waals surface area contributed by atoms with Crippen molar-refractivity contribution in [1.82, 2.24) is 9.78 Å². The summed E-state index contributed by atoms with van der Waals surface area (Å²) < 4.78 is 25.9. The molecule has 0 spiro atoms. The number of carbonyl (C=O) groups is 1. The number of aromatic nitrogens is 2. The molecule has 0 saturated heterocycles. The molecule has 0 aliphatic heterocycles. The van der Waals surface area contributed by atoms with Crippen molar-refractivity contribution in [3.63, 3.8) is 0 Å². The van der Waals surface area contributed by atoms with Crippen LogP contribution in [-0.4, -0.2) is 36.0 Å². The first kappa shape index (κ1) is 21.4. The van der Waals surface area contributed by atoms with Crippen molar-refractivity contribution in [2.75, 3.05) is 25.6 Å². The minimum atomic E-state index is -0.542. The second-order valence-corrected chi connectivity index (χ2v) is 6.32. The van der Waals surface area contributed by atoms with E-state index in [1.807, 2.05) is 13.8 Å². The number of hydrogen-bond acceptors (Lipinski definition) is 5. The zero-order valence-corrected chi connectivity index (χ0v) is 16.4. The van der Waals surface area contributed by atoms with Crippen LogP contribution < -0.4 is 10.1 Å². The van der Waals surface area contributed by atoms with Crippen molar-refractivity contribution >= 4 is 11.6 Å². The first-order valence-electron chi connectivity index (χ1n) is 9.07. The quantitative estimate of drug-likeness (QED) is 0.632. The van der Waals surface area contributed by atoms with E-state index in [2.05, 4.69) is 16.5 Å². The van der Waals surface area contributed by atoms with Gasteiger partial charge in [-0.05, 0) is 38.0 Å². The topological polar surface area (TPSA) is 89.2 Å². The lowest BCUT2D eigenvalue weighted by Gasteiger charge is -2.09. The molecule has 28 heavy (non-hydrogen) atoms. The molecule has 0 aliphatic rings. The van der Waals surface area contributed by atoms with E-state index in [0.29, 0.717) is 31.7 Å². The summed E-state index contributed by atoms with van der Waals surface area (Å²) in [6.45, 7) is 4.97. The Morgan fingerprint density at radius 2 is 2.14 bits per heavy atom. The molecule has 2 aromatic rings. The monoisotopic (exact) mass is 388 g/mol. The third-order valence-electron chi connectivity index (χ3n) is 4.33. The summed E-state index contributed by atoms with van der Waals surface area (Å²) in [6, 6.07) is 6.41. The summed E-state index contributed by atoms with van der Waals surface area (Å²) in [5.74, 6) is -0.638. The van der Waals surface area contributed by atoms with Gasteiger partial charge in [0.1, 0.15) is 6.61 Å². The Kier molecular flexibility index (Phi) is 7.96. The predicted molar refractivity (Wildman–Crippen MR) is 103 cm³/mol. The zero-order valence-electron chi connectivity index (χ0n) is 16.4. The molecule has 0 atom stereocenters. The molecule has 0 unspecified atom stereocenters. The molecule has 1 aromatic heterocycles. The first-order chi connectivity index (χ1) is 13.5. The minimum Gasteiger partial charge on any atom is -0.488 e. The van der Waals surface area contributed by atoms with Crippen LogP contribution >= 0.6 is 0 Å². The van der Waals surface area contributed by atoms with Crippen LogP contribution in [0, 0.1) is 31.0 Å². The number of hydrogen-bond donors (Lipinski definition) is 1. The number of anilines is 1. The molecule has 7 nitrogen and oxygen atoms in total. The first-order valence-corrected chi connectivity index (χ1v) is 9.07. The van der Waals surface area contributed by atoms with Gasteiger partial charge in [0.25, 0.3) is 0 Å². The van der Waals surface area contributed by atoms with Gasteiger partial charge < -0.3 is 14.8 Å². The number of nitriles is 1. The molecular weight excluding hydrogens is 363 g/mol. The van der Waals surface area contributed by atoms with Crippen LogP contribution in [0.5, 0.6) is 5.75 Å². The van der Waals surface area contributed by atoms with E-state index in [1.165, 1.54) is 12.1 Å². The number of rotatable bonds is 10. The summed E-state index contributed by atoms with van der Waals surface area (Å²) in [5.41, 5.74) is 3.19. The van der Waals surface area contributed by atoms with E-state index in [0.717, 1.165) is 17.0 Å². The molecule has 0 radical (unpaired) electrons. The number of nitrogens with zero attached hydrogens (tertiary/aromatic N) is 3. The van der Waals surface area contributed by atoms with Crippen LogP contribution in [0.15, 0.2) is 18.2 Å². The molecular formula is C20H25FN4O3. The molecule has 1 heterocycles. The van der Waals surface area contributed by atoms with Gasteiger partial charge in [-0.15, -0.1) is 0 Å². The Bertz CT molecular complexity index is 858. The van der Waals surface area contributed by atoms with Gasteiger partial charge in [0.05, 0.1) is 31.3 Å². The second-order valence-electron chi connectivity index (χ2n) is 6.32. The standard InChI is InChI=1S/C20H25FN4O3/c1-14-17(15(2)25(24-14)10-4-9-22)6-8-20(26)23-16-5-7-19(18(21)13-16)28-12-11-27-3/h5,7,13H,4,6,8,10-12H2,1-3H3,(H,23,26). The Morgan fingerprint density at radius 1 is 1.36 bits per heavy atom. The third-order valence-corrected chi connectivity index (χ3v) is 4.33. The van der Waals surface area contributed by atoms with Crippen LogP contribution in [0.25, 0.3) is 0 Å². The van der Waals surface area contributed by atoms with Gasteiger partial charge in [-0.3, -0.25) is 9.48 Å². The summed E-state index contributed by atoms with van der Waals surface area (Å²) in [7, 11) is 1.54. The number of carbonyl (C=O) groups excluding carboxylic acids is 1. The lowest BCUT2D eigenvalue weighted by molar-refractivity contribution is -0.116. The van der Waals surface area contributed by atoms with Gasteiger partial charge in [-0.2, -0.15) is 10.4 Å². The smallest absolute Gasteiger partial charge is 0.224 e. The summed E-state index contributed by atoms with van der Waals surface area (Å²) in [4.78, 5) is 12.2. The summed E-state index contributed by atoms with van der Waals surface area (Å²) in [6.07, 6.45) is 1.16. The fourth-order valence-corrected chi connectivity index (χ4v) is 2.86. The highest BCUT2D eigenvalue weighted by molar-refractivity contribution is 5.90. The number of nitrogens with one attached hydrogen (secondary N) is 1. The number of aryl methyl sites for hydroxylation is 2. The highest BCUT2D eigenvalue weighted by Crippen LogP contribution is 2.22. The summed E-state index contributed by atoms with van der Waals surface area (Å²) in [5, 5.41) is 15.8. The number of halogens is 1. The average Bonchev–Trinajstić information content (AvgIpc) is 2.93. The van der Waals surface area contributed by atoms with Crippen molar-refractivity contribution < 1.29 is 18.7 Å². The lowest BCUT2D eigenvalue weighted by atomic mass is 10.1. The lowest BCUT2D eigenvalue weighted by Crippen LogP contribution is -2.13. The van der Waals surface area contributed by atoms with Crippen molar-refractivity contribution in [2.24, 2.45) is 0 Å². The van der Waals surface area contributed by atoms with Crippen LogP contribution in [0.4, 0.5) is 10.1 Å². The molecule has 0 bridgehead atoms. The Labute approximate surface area is 164 Å². The van der Waals surface area contributed by atoms with Gasteiger partial charge in [0, 0.05) is 31.0 Å². The van der Waals surface area contributed by atoms with Crippen molar-refractivity contribution in [1.29, 1.82) is 5.26 Å². The molecule has 150 valence electrons. The van der Waals surface area contributed by atoms with Crippen LogP contribution in [0.2, 0.25) is 0 Å². The normalized spacial score (nSPS) is 10.5. The molecule has 8 heteroatoms. The van der Waals surface area contributed by atoms with E-state index in [4.69, 9.17) is 14.7 Å². The van der Waals surface area contributed by atoms with Crippen molar-refractivity contribution in [2.45, 2.75) is 39.7 Å². The van der Waals surface area contributed by atoms with E-state index in [-0.39, 0.29) is 24.7 Å². The van der Waals surface area contributed by atoms with E-state index >= 15 is 0 Å². The van der Waals surface area contributed by atoms with Gasteiger partial charge in [0.15, 0.2) is 11.6 Å². The Hall–Kier alpha value is -2.92. The molecule has 2 rings (SSSR count). The van der Waals surface area contributed by atoms with Gasteiger partial charge in [0.2, 0.25) is 5.91 Å². The molecule has 0 saturated carbocycles. The second kappa shape index (κ2) is 10.4. The maximum absolute atomic E-state index is 14.0. The van der Waals surface area contributed by atoms with Gasteiger partial charge in [-0.25, -0.2) is 4.39 Å². The Morgan fingerprint density at radius 3 is 2.82 bits per heavy atom. The van der Waals surface area contributed by atoms with E-state index in [1.54, 1.807) is 17.9 Å². The Balaban J connectivity index is 1.92. The minimum absolute atomic E-state index is 0.117. The predicted octanol–water partition coefficient (Wildman–Crippen LogP) is 3.15. The van der Waals surface area contributed by atoms with Gasteiger partial charge in [-0.1, -0.05) is 0 Å². The van der Waals surface area contributed by atoms with E-state index in [9.17, 15) is 9.18 Å². The molecule has 1 N–H and O–H groups in total. The number of benzene rings is 1. The largest absolute Gasteiger partial charge is 0.488 e. The highest BCUT2D eigenvalue weighted by Gasteiger charge is 2.14. The summed E-state index contributed by atoms with van der Waals surface area (Å²) >= 11 is 0. The fraction of sp³-hybridized carbons (Fsp3) is 0.450. The average molecular weight is 388 g/mol. The number of amides is 1. The fourth-order valence-electron chi connectivity index (χ4n) is 2.86.